The minimum Gasteiger partial charge on any atom is -0.497 e. The monoisotopic (exact) mass is 470 g/mol. The Balaban J connectivity index is 1.44. The number of amides is 1. The summed E-state index contributed by atoms with van der Waals surface area (Å²) in [5, 5.41) is 0. The predicted molar refractivity (Wildman–Crippen MR) is 128 cm³/mol. The van der Waals surface area contributed by atoms with Gasteiger partial charge in [0.2, 0.25) is 6.79 Å². The van der Waals surface area contributed by atoms with Crippen LogP contribution in [0.4, 0.5) is 0 Å². The van der Waals surface area contributed by atoms with Crippen molar-refractivity contribution >= 4 is 5.91 Å². The summed E-state index contributed by atoms with van der Waals surface area (Å²) < 4.78 is 27.8. The number of benzene rings is 2. The third-order valence-electron chi connectivity index (χ3n) is 6.51. The quantitative estimate of drug-likeness (QED) is 0.555. The van der Waals surface area contributed by atoms with Gasteiger partial charge in [0, 0.05) is 49.4 Å². The Morgan fingerprint density at radius 1 is 1.15 bits per heavy atom. The molecule has 2 heterocycles. The van der Waals surface area contributed by atoms with Gasteiger partial charge in [0.25, 0.3) is 5.91 Å². The van der Waals surface area contributed by atoms with Crippen LogP contribution in [0.15, 0.2) is 36.4 Å². The molecule has 0 N–H and O–H groups in total. The lowest BCUT2D eigenvalue weighted by atomic mass is 10.1. The van der Waals surface area contributed by atoms with Crippen LogP contribution in [-0.4, -0.2) is 75.1 Å². The summed E-state index contributed by atoms with van der Waals surface area (Å²) in [5.74, 6) is 2.84. The van der Waals surface area contributed by atoms with E-state index in [2.05, 4.69) is 18.7 Å². The van der Waals surface area contributed by atoms with Crippen LogP contribution in [0.3, 0.4) is 0 Å². The maximum Gasteiger partial charge on any atom is 0.254 e. The summed E-state index contributed by atoms with van der Waals surface area (Å²) in [4.78, 5) is 17.7. The Morgan fingerprint density at radius 3 is 2.74 bits per heavy atom. The summed E-state index contributed by atoms with van der Waals surface area (Å²) in [6.07, 6.45) is 0.778. The average molecular weight is 471 g/mol. The number of rotatable bonds is 9. The fraction of sp³-hybridized carbons (Fsp3) is 0.500. The Labute approximate surface area is 201 Å². The molecule has 0 saturated carbocycles. The molecule has 4 rings (SSSR count). The molecule has 8 nitrogen and oxygen atoms in total. The van der Waals surface area contributed by atoms with E-state index in [0.29, 0.717) is 30.2 Å². The zero-order valence-electron chi connectivity index (χ0n) is 20.4. The number of nitrogens with zero attached hydrogens (tertiary/aromatic N) is 2. The van der Waals surface area contributed by atoms with Gasteiger partial charge in [-0.25, -0.2) is 0 Å². The number of methoxy groups -OCH3 is 2. The zero-order valence-corrected chi connectivity index (χ0v) is 20.4. The van der Waals surface area contributed by atoms with Crippen LogP contribution in [0, 0.1) is 0 Å². The van der Waals surface area contributed by atoms with Crippen molar-refractivity contribution in [3.8, 4) is 23.0 Å². The van der Waals surface area contributed by atoms with E-state index in [-0.39, 0.29) is 24.8 Å². The number of carbonyl (C=O) groups excluding carboxylic acids is 1. The molecule has 1 amide bonds. The molecule has 0 bridgehead atoms. The number of ether oxygens (including phenoxy) is 5. The number of fused-ring (bicyclic) bond motifs is 1. The molecule has 2 aliphatic rings. The molecular weight excluding hydrogens is 436 g/mol. The second-order valence-electron chi connectivity index (χ2n) is 8.69. The lowest BCUT2D eigenvalue weighted by Crippen LogP contribution is -2.50. The smallest absolute Gasteiger partial charge is 0.254 e. The molecule has 0 aromatic heterocycles. The van der Waals surface area contributed by atoms with Crippen molar-refractivity contribution < 1.29 is 28.5 Å². The lowest BCUT2D eigenvalue weighted by molar-refractivity contribution is -0.0466. The van der Waals surface area contributed by atoms with Crippen LogP contribution in [0.1, 0.15) is 36.2 Å². The minimum atomic E-state index is -0.0787. The van der Waals surface area contributed by atoms with Crippen molar-refractivity contribution in [3.05, 3.63) is 47.5 Å². The van der Waals surface area contributed by atoms with E-state index in [0.717, 1.165) is 43.1 Å². The highest BCUT2D eigenvalue weighted by molar-refractivity contribution is 5.95. The van der Waals surface area contributed by atoms with Crippen molar-refractivity contribution in [1.82, 2.24) is 9.80 Å². The zero-order chi connectivity index (χ0) is 24.1. The van der Waals surface area contributed by atoms with Crippen molar-refractivity contribution in [3.63, 3.8) is 0 Å². The van der Waals surface area contributed by atoms with E-state index in [1.807, 2.05) is 23.1 Å². The van der Waals surface area contributed by atoms with Gasteiger partial charge in [-0.2, -0.15) is 0 Å². The number of carbonyl (C=O) groups is 1. The molecule has 0 aliphatic carbocycles. The van der Waals surface area contributed by atoms with Gasteiger partial charge in [-0.15, -0.1) is 0 Å². The highest BCUT2D eigenvalue weighted by Gasteiger charge is 2.29. The molecule has 184 valence electrons. The summed E-state index contributed by atoms with van der Waals surface area (Å²) in [6.45, 7) is 7.80. The first-order valence-electron chi connectivity index (χ1n) is 11.8. The lowest BCUT2D eigenvalue weighted by Gasteiger charge is -2.38. The largest absolute Gasteiger partial charge is 0.497 e. The van der Waals surface area contributed by atoms with Gasteiger partial charge < -0.3 is 28.6 Å². The number of hydrogen-bond donors (Lipinski definition) is 0. The first-order chi connectivity index (χ1) is 16.5. The van der Waals surface area contributed by atoms with E-state index < -0.39 is 0 Å². The van der Waals surface area contributed by atoms with Gasteiger partial charge in [0.05, 0.1) is 26.9 Å². The van der Waals surface area contributed by atoms with Crippen LogP contribution in [-0.2, 0) is 11.3 Å². The van der Waals surface area contributed by atoms with Gasteiger partial charge in [0.15, 0.2) is 11.5 Å². The van der Waals surface area contributed by atoms with Gasteiger partial charge in [-0.05, 0) is 37.6 Å². The van der Waals surface area contributed by atoms with E-state index in [4.69, 9.17) is 23.7 Å². The van der Waals surface area contributed by atoms with E-state index >= 15 is 0 Å². The van der Waals surface area contributed by atoms with Gasteiger partial charge in [0.1, 0.15) is 11.5 Å². The third-order valence-corrected chi connectivity index (χ3v) is 6.51. The number of morpholine rings is 1. The maximum absolute atomic E-state index is 13.5. The average Bonchev–Trinajstić information content (AvgIpc) is 3.35. The van der Waals surface area contributed by atoms with Crippen LogP contribution in [0.5, 0.6) is 23.0 Å². The van der Waals surface area contributed by atoms with E-state index in [1.165, 1.54) is 0 Å². The molecule has 1 saturated heterocycles. The molecule has 34 heavy (non-hydrogen) atoms. The third kappa shape index (κ3) is 5.39. The topological polar surface area (TPSA) is 69.7 Å². The Bertz CT molecular complexity index is 997. The highest BCUT2D eigenvalue weighted by Crippen LogP contribution is 2.33. The van der Waals surface area contributed by atoms with Gasteiger partial charge >= 0.3 is 0 Å². The molecule has 8 heteroatoms. The van der Waals surface area contributed by atoms with Gasteiger partial charge in [-0.3, -0.25) is 9.69 Å². The molecular formula is C26H34N2O6. The Hall–Kier alpha value is -2.97. The molecule has 0 radical (unpaired) electrons. The molecule has 2 atom stereocenters. The predicted octanol–water partition coefficient (Wildman–Crippen LogP) is 3.57. The fourth-order valence-electron chi connectivity index (χ4n) is 4.36. The van der Waals surface area contributed by atoms with Crippen molar-refractivity contribution in [2.75, 3.05) is 47.3 Å². The van der Waals surface area contributed by atoms with Gasteiger partial charge in [-0.1, -0.05) is 13.0 Å². The van der Waals surface area contributed by atoms with Crippen molar-refractivity contribution in [2.24, 2.45) is 0 Å². The second kappa shape index (κ2) is 11.0. The molecule has 2 aromatic carbocycles. The first kappa shape index (κ1) is 24.2. The molecule has 2 aliphatic heterocycles. The number of hydrogen-bond acceptors (Lipinski definition) is 7. The van der Waals surface area contributed by atoms with Crippen molar-refractivity contribution in [2.45, 2.75) is 39.0 Å². The first-order valence-corrected chi connectivity index (χ1v) is 11.8. The molecule has 1 fully saturated rings. The van der Waals surface area contributed by atoms with E-state index in [9.17, 15) is 4.79 Å². The molecule has 0 spiro atoms. The fourth-order valence-corrected chi connectivity index (χ4v) is 4.36. The second-order valence-corrected chi connectivity index (χ2v) is 8.69. The summed E-state index contributed by atoms with van der Waals surface area (Å²) in [5.41, 5.74) is 1.69. The van der Waals surface area contributed by atoms with Crippen LogP contribution in [0.2, 0.25) is 0 Å². The molecule has 0 unspecified atom stereocenters. The van der Waals surface area contributed by atoms with Crippen LogP contribution in [0.25, 0.3) is 0 Å². The van der Waals surface area contributed by atoms with E-state index in [1.54, 1.807) is 32.4 Å². The minimum absolute atomic E-state index is 0.0230. The SMILES string of the molecule is CC[C@H](C)N(C[C@H]1CN(Cc2ccc(OC)cc2OC)CCO1)C(=O)c1ccc2c(c1)OCO2. The normalized spacial score (nSPS) is 18.4. The Kier molecular flexibility index (Phi) is 7.80. The summed E-state index contributed by atoms with van der Waals surface area (Å²) in [6, 6.07) is 11.3. The van der Waals surface area contributed by atoms with Crippen LogP contribution < -0.4 is 18.9 Å². The summed E-state index contributed by atoms with van der Waals surface area (Å²) in [7, 11) is 3.32. The Morgan fingerprint density at radius 2 is 1.97 bits per heavy atom. The van der Waals surface area contributed by atoms with Crippen LogP contribution >= 0.6 is 0 Å². The highest BCUT2D eigenvalue weighted by atomic mass is 16.7. The standard InChI is InChI=1S/C26H34N2O6/c1-5-18(2)28(26(29)19-7-9-23-25(12-19)34-17-33-23)16-22-15-27(10-11-32-22)14-20-6-8-21(30-3)13-24(20)31-4/h6-9,12-13,18,22H,5,10-11,14-17H2,1-4H3/t18-,22+/m0/s1. The maximum atomic E-state index is 13.5. The summed E-state index contributed by atoms with van der Waals surface area (Å²) >= 11 is 0. The molecule has 2 aromatic rings. The van der Waals surface area contributed by atoms with Crippen molar-refractivity contribution in [1.29, 1.82) is 0 Å².